The molecular weight excluding hydrogens is 214 g/mol. The minimum absolute atomic E-state index is 0. The van der Waals surface area contributed by atoms with Gasteiger partial charge in [-0.15, -0.1) is 0 Å². The number of Topliss-reactive ketones (excluding diaryl/α,β-unsaturated/α-hetero) is 1. The van der Waals surface area contributed by atoms with Crippen molar-refractivity contribution in [3.63, 3.8) is 0 Å². The number of hydrogen-bond acceptors (Lipinski definition) is 4. The van der Waals surface area contributed by atoms with Crippen LogP contribution in [-0.4, -0.2) is 20.6 Å². The lowest BCUT2D eigenvalue weighted by Crippen LogP contribution is -3.00. The van der Waals surface area contributed by atoms with E-state index in [-0.39, 0.29) is 24.7 Å². The van der Waals surface area contributed by atoms with Gasteiger partial charge in [-0.25, -0.2) is 0 Å². The number of carbonyl (C=O) groups is 1. The van der Waals surface area contributed by atoms with Crippen molar-refractivity contribution in [3.8, 4) is 0 Å². The average Bonchev–Trinajstić information content (AvgIpc) is 2.33. The van der Waals surface area contributed by atoms with Gasteiger partial charge in [0.25, 0.3) is 0 Å². The molecule has 8 nitrogen and oxygen atoms in total. The van der Waals surface area contributed by atoms with Crippen LogP contribution in [0.1, 0.15) is 6.92 Å². The third kappa shape index (κ3) is 3.81. The molecule has 1 aromatic heterocycles. The van der Waals surface area contributed by atoms with Gasteiger partial charge in [0, 0.05) is 5.03 Å². The highest BCUT2D eigenvalue weighted by molar-refractivity contribution is 5.75. The first-order valence-electron chi connectivity index (χ1n) is 3.42. The number of nitro groups is 1. The van der Waals surface area contributed by atoms with Crippen molar-refractivity contribution in [2.24, 2.45) is 0 Å². The fraction of sp³-hybridized carbons (Fsp3) is 0.400. The molecule has 0 bridgehead atoms. The molecule has 9 heteroatoms. The van der Waals surface area contributed by atoms with Crippen LogP contribution < -0.4 is 22.6 Å². The molecular formula is C5H8ClN5O3. The predicted molar refractivity (Wildman–Crippen MR) is 39.5 cm³/mol. The maximum atomic E-state index is 10.6. The van der Waals surface area contributed by atoms with E-state index >= 15 is 0 Å². The fourth-order valence-electron chi connectivity index (χ4n) is 0.781. The van der Waals surface area contributed by atoms with Gasteiger partial charge in [0.1, 0.15) is 5.10 Å². The molecule has 1 heterocycles. The number of aromatic nitrogens is 3. The van der Waals surface area contributed by atoms with E-state index in [9.17, 15) is 14.9 Å². The van der Waals surface area contributed by atoms with Gasteiger partial charge in [0.15, 0.2) is 12.3 Å². The number of carbonyl (C=O) groups excluding carboxylic acids is 1. The normalized spacial score (nSPS) is 8.93. The van der Waals surface area contributed by atoms with Crippen molar-refractivity contribution in [3.05, 3.63) is 22.8 Å². The van der Waals surface area contributed by atoms with Crippen LogP contribution in [0.15, 0.2) is 12.7 Å². The molecule has 1 N–H and O–H groups in total. The third-order valence-corrected chi connectivity index (χ3v) is 1.16. The predicted octanol–water partition coefficient (Wildman–Crippen LogP) is -4.50. The second kappa shape index (κ2) is 5.12. The molecule has 14 heavy (non-hydrogen) atoms. The molecule has 0 unspecified atom stereocenters. The zero-order chi connectivity index (χ0) is 9.84. The Kier molecular flexibility index (Phi) is 4.50. The van der Waals surface area contributed by atoms with Crippen molar-refractivity contribution in [2.45, 2.75) is 13.5 Å². The highest BCUT2D eigenvalue weighted by Gasteiger charge is 2.13. The standard InChI is InChI=1S/C5H8N5O3.ClH/c1-5(11)2-8-4-9(3-6-8)7-10(12)13;/h3-4,7H,2H2,1H3;1H/q+1;/p-1. The summed E-state index contributed by atoms with van der Waals surface area (Å²) in [4.78, 5) is 20.6. The second-order valence-electron chi connectivity index (χ2n) is 2.41. The highest BCUT2D eigenvalue weighted by atomic mass is 35.5. The zero-order valence-corrected chi connectivity index (χ0v) is 8.01. The zero-order valence-electron chi connectivity index (χ0n) is 7.25. The summed E-state index contributed by atoms with van der Waals surface area (Å²) in [7, 11) is 0. The molecule has 0 spiro atoms. The maximum Gasteiger partial charge on any atom is 0.364 e. The first kappa shape index (κ1) is 12.3. The van der Waals surface area contributed by atoms with Gasteiger partial charge in [-0.2, -0.15) is 0 Å². The minimum Gasteiger partial charge on any atom is -1.00 e. The fourth-order valence-corrected chi connectivity index (χ4v) is 0.781. The van der Waals surface area contributed by atoms with Gasteiger partial charge in [-0.05, 0) is 17.1 Å². The molecule has 0 aromatic carbocycles. The average molecular weight is 222 g/mol. The Labute approximate surface area is 85.0 Å². The Hall–Kier alpha value is -1.70. The van der Waals surface area contributed by atoms with Gasteiger partial charge in [0.05, 0.1) is 0 Å². The Morgan fingerprint density at radius 2 is 2.43 bits per heavy atom. The summed E-state index contributed by atoms with van der Waals surface area (Å²) in [6, 6.07) is 0. The Morgan fingerprint density at radius 3 is 2.93 bits per heavy atom. The van der Waals surface area contributed by atoms with Crippen molar-refractivity contribution in [1.82, 2.24) is 9.78 Å². The number of hydrogen-bond donors (Lipinski definition) is 1. The maximum absolute atomic E-state index is 10.6. The quantitative estimate of drug-likeness (QED) is 0.314. The number of halogens is 1. The molecule has 78 valence electrons. The molecule has 0 radical (unpaired) electrons. The summed E-state index contributed by atoms with van der Waals surface area (Å²) >= 11 is 0. The summed E-state index contributed by atoms with van der Waals surface area (Å²) in [5.74, 6) is -0.0728. The lowest BCUT2D eigenvalue weighted by atomic mass is 10.5. The van der Waals surface area contributed by atoms with Crippen LogP contribution in [0.25, 0.3) is 0 Å². The molecule has 1 rings (SSSR count). The van der Waals surface area contributed by atoms with Crippen LogP contribution in [0.2, 0.25) is 0 Å². The summed E-state index contributed by atoms with van der Waals surface area (Å²) in [5.41, 5.74) is 1.84. The lowest BCUT2D eigenvalue weighted by Gasteiger charge is -1.91. The topological polar surface area (TPSA) is 93.9 Å². The van der Waals surface area contributed by atoms with Gasteiger partial charge in [0.2, 0.25) is 0 Å². The number of ketones is 1. The van der Waals surface area contributed by atoms with E-state index in [4.69, 9.17) is 0 Å². The monoisotopic (exact) mass is 221 g/mol. The van der Waals surface area contributed by atoms with E-state index in [1.165, 1.54) is 24.3 Å². The van der Waals surface area contributed by atoms with Crippen LogP contribution in [-0.2, 0) is 11.3 Å². The molecule has 0 amide bonds. The summed E-state index contributed by atoms with van der Waals surface area (Å²) < 4.78 is 2.34. The van der Waals surface area contributed by atoms with E-state index < -0.39 is 5.03 Å². The van der Waals surface area contributed by atoms with Gasteiger partial charge >= 0.3 is 12.7 Å². The molecule has 0 aliphatic carbocycles. The van der Waals surface area contributed by atoms with E-state index in [1.807, 2.05) is 5.53 Å². The number of hydrazine groups is 1. The Balaban J connectivity index is 0.00000169. The van der Waals surface area contributed by atoms with E-state index in [0.717, 1.165) is 4.68 Å². The molecule has 0 atom stereocenters. The van der Waals surface area contributed by atoms with Gasteiger partial charge < -0.3 is 22.5 Å². The van der Waals surface area contributed by atoms with Gasteiger partial charge in [-0.1, -0.05) is 4.68 Å². The smallest absolute Gasteiger partial charge is 0.364 e. The van der Waals surface area contributed by atoms with E-state index in [0.29, 0.717) is 0 Å². The molecule has 1 aromatic rings. The van der Waals surface area contributed by atoms with Crippen LogP contribution in [0, 0.1) is 10.1 Å². The Morgan fingerprint density at radius 1 is 1.79 bits per heavy atom. The van der Waals surface area contributed by atoms with Crippen molar-refractivity contribution in [1.29, 1.82) is 0 Å². The first-order valence-corrected chi connectivity index (χ1v) is 3.42. The van der Waals surface area contributed by atoms with Crippen molar-refractivity contribution < 1.29 is 26.9 Å². The molecule has 0 fully saturated rings. The highest BCUT2D eigenvalue weighted by Crippen LogP contribution is 1.79. The van der Waals surface area contributed by atoms with E-state index in [2.05, 4.69) is 5.10 Å². The van der Waals surface area contributed by atoms with E-state index in [1.54, 1.807) is 0 Å². The number of nitrogens with one attached hydrogen (secondary N) is 1. The summed E-state index contributed by atoms with van der Waals surface area (Å²) in [6.45, 7) is 1.51. The van der Waals surface area contributed by atoms with Crippen LogP contribution in [0.4, 0.5) is 0 Å². The van der Waals surface area contributed by atoms with Crippen LogP contribution >= 0.6 is 0 Å². The number of nitrogens with zero attached hydrogens (tertiary/aromatic N) is 4. The molecule has 0 aliphatic rings. The second-order valence-corrected chi connectivity index (χ2v) is 2.41. The summed E-state index contributed by atoms with van der Waals surface area (Å²) in [6.07, 6.45) is 2.51. The van der Waals surface area contributed by atoms with Crippen molar-refractivity contribution in [2.75, 3.05) is 5.53 Å². The third-order valence-electron chi connectivity index (χ3n) is 1.16. The largest absolute Gasteiger partial charge is 1.00 e. The summed E-state index contributed by atoms with van der Waals surface area (Å²) in [5, 5.41) is 12.9. The molecule has 0 aliphatic heterocycles. The SMILES string of the molecule is CC(=O)Cn1c[n+](N[N+](=O)[O-])cn1.[Cl-]. The minimum atomic E-state index is -0.722. The van der Waals surface area contributed by atoms with Crippen molar-refractivity contribution >= 4 is 5.78 Å². The molecule has 0 saturated carbocycles. The number of rotatable bonds is 4. The molecule has 0 saturated heterocycles. The first-order chi connectivity index (χ1) is 6.08. The lowest BCUT2D eigenvalue weighted by molar-refractivity contribution is -0.774. The van der Waals surface area contributed by atoms with Crippen LogP contribution in [0.3, 0.4) is 0 Å². The van der Waals surface area contributed by atoms with Crippen LogP contribution in [0.5, 0.6) is 0 Å². The Bertz CT molecular complexity index is 307. The van der Waals surface area contributed by atoms with Gasteiger partial charge in [-0.3, -0.25) is 4.79 Å².